The van der Waals surface area contributed by atoms with Crippen molar-refractivity contribution in [1.29, 1.82) is 0 Å². The molecule has 14 heteroatoms. The summed E-state index contributed by atoms with van der Waals surface area (Å²) in [6.45, 7) is 7.25. The number of fused-ring (bicyclic) bond motifs is 1. The number of anilines is 2. The standard InChI is InChI=1S/C27H29F3N6O5/c1-5-18(12-24(31-3)32-16(2)37)41-19-6-7-21-23(11-19)35(4)26(33-21)34-22-10-17(27(28,29)30)13-36(25(22)38)14-20-15-39-8-9-40-20/h5-7,10-13,20H,3,8-9,14-15H2,1-2,4H3,(H,32,37)(H,33,34)/b18-5+,24-12+/t20-/m0/s1. The molecule has 1 aliphatic heterocycles. The fraction of sp³-hybridized carbons (Fsp3) is 0.333. The maximum Gasteiger partial charge on any atom is 0.417 e. The van der Waals surface area contributed by atoms with Gasteiger partial charge in [0.1, 0.15) is 23.0 Å². The summed E-state index contributed by atoms with van der Waals surface area (Å²) in [6, 6.07) is 5.75. The van der Waals surface area contributed by atoms with Gasteiger partial charge in [0, 0.05) is 32.3 Å². The minimum absolute atomic E-state index is 0.104. The van der Waals surface area contributed by atoms with Crippen molar-refractivity contribution in [3.8, 4) is 5.75 Å². The summed E-state index contributed by atoms with van der Waals surface area (Å²) < 4.78 is 60.4. The number of carbonyl (C=O) groups is 1. The predicted octanol–water partition coefficient (Wildman–Crippen LogP) is 3.87. The van der Waals surface area contributed by atoms with Crippen molar-refractivity contribution >= 4 is 35.3 Å². The van der Waals surface area contributed by atoms with Crippen molar-refractivity contribution in [2.24, 2.45) is 12.0 Å². The molecule has 218 valence electrons. The minimum Gasteiger partial charge on any atom is -0.458 e. The van der Waals surface area contributed by atoms with Gasteiger partial charge in [-0.3, -0.25) is 9.59 Å². The Labute approximate surface area is 232 Å². The quantitative estimate of drug-likeness (QED) is 0.226. The number of aliphatic imine (C=N–C) groups is 1. The highest BCUT2D eigenvalue weighted by atomic mass is 19.4. The molecule has 0 bridgehead atoms. The third kappa shape index (κ3) is 7.21. The molecule has 11 nitrogen and oxygen atoms in total. The maximum absolute atomic E-state index is 13.7. The molecule has 41 heavy (non-hydrogen) atoms. The van der Waals surface area contributed by atoms with Gasteiger partial charge in [-0.25, -0.2) is 9.98 Å². The Balaban J connectivity index is 1.64. The molecule has 3 heterocycles. The maximum atomic E-state index is 13.7. The predicted molar refractivity (Wildman–Crippen MR) is 146 cm³/mol. The first-order valence-corrected chi connectivity index (χ1v) is 12.5. The Bertz CT molecular complexity index is 1570. The van der Waals surface area contributed by atoms with Crippen LogP contribution in [0.15, 0.2) is 64.0 Å². The molecule has 2 aromatic heterocycles. The molecule has 4 rings (SSSR count). The van der Waals surface area contributed by atoms with Crippen molar-refractivity contribution in [3.05, 3.63) is 70.1 Å². The summed E-state index contributed by atoms with van der Waals surface area (Å²) in [4.78, 5) is 32.7. The third-order valence-corrected chi connectivity index (χ3v) is 6.07. The molecule has 3 aromatic rings. The summed E-state index contributed by atoms with van der Waals surface area (Å²) in [5.74, 6) is 0.816. The van der Waals surface area contributed by atoms with E-state index in [0.29, 0.717) is 35.8 Å². The Morgan fingerprint density at radius 1 is 1.32 bits per heavy atom. The van der Waals surface area contributed by atoms with Crippen LogP contribution < -0.4 is 20.9 Å². The zero-order valence-electron chi connectivity index (χ0n) is 22.6. The van der Waals surface area contributed by atoms with Crippen LogP contribution in [0.25, 0.3) is 11.0 Å². The number of allylic oxidation sites excluding steroid dienone is 2. The molecule has 1 aromatic carbocycles. The third-order valence-electron chi connectivity index (χ3n) is 6.07. The SMILES string of the molecule is C=N/C(=C\C(=C/C)Oc1ccc2nc(Nc3cc(C(F)(F)F)cn(C[C@H]4COCCO4)c3=O)n(C)c2c1)NC(C)=O. The molecule has 1 amide bonds. The van der Waals surface area contributed by atoms with Crippen LogP contribution in [-0.4, -0.2) is 52.7 Å². The number of hydrogen-bond acceptors (Lipinski definition) is 8. The Morgan fingerprint density at radius 2 is 2.10 bits per heavy atom. The molecular weight excluding hydrogens is 545 g/mol. The van der Waals surface area contributed by atoms with Gasteiger partial charge in [-0.2, -0.15) is 13.2 Å². The van der Waals surface area contributed by atoms with Crippen molar-refractivity contribution in [1.82, 2.24) is 19.4 Å². The van der Waals surface area contributed by atoms with Crippen LogP contribution in [0.3, 0.4) is 0 Å². The lowest BCUT2D eigenvalue weighted by Gasteiger charge is -2.24. The van der Waals surface area contributed by atoms with Crippen LogP contribution in [0.4, 0.5) is 24.8 Å². The average molecular weight is 575 g/mol. The zero-order valence-corrected chi connectivity index (χ0v) is 22.6. The highest BCUT2D eigenvalue weighted by Gasteiger charge is 2.33. The number of pyridine rings is 1. The van der Waals surface area contributed by atoms with Gasteiger partial charge in [-0.1, -0.05) is 0 Å². The molecule has 2 N–H and O–H groups in total. The summed E-state index contributed by atoms with van der Waals surface area (Å²) in [5.41, 5.74) is -0.876. The van der Waals surface area contributed by atoms with Crippen LogP contribution in [-0.2, 0) is 34.0 Å². The highest BCUT2D eigenvalue weighted by Crippen LogP contribution is 2.31. The number of aromatic nitrogens is 3. The van der Waals surface area contributed by atoms with Crippen LogP contribution in [0.5, 0.6) is 5.75 Å². The smallest absolute Gasteiger partial charge is 0.417 e. The molecule has 0 saturated carbocycles. The minimum atomic E-state index is -4.69. The number of carbonyl (C=O) groups excluding carboxylic acids is 1. The molecule has 1 fully saturated rings. The van der Waals surface area contributed by atoms with Gasteiger partial charge >= 0.3 is 6.18 Å². The molecule has 1 saturated heterocycles. The van der Waals surface area contributed by atoms with E-state index >= 15 is 0 Å². The summed E-state index contributed by atoms with van der Waals surface area (Å²) in [7, 11) is 1.65. The monoisotopic (exact) mass is 574 g/mol. The van der Waals surface area contributed by atoms with Crippen molar-refractivity contribution in [3.63, 3.8) is 0 Å². The topological polar surface area (TPSA) is 121 Å². The number of benzene rings is 1. The number of nitrogens with one attached hydrogen (secondary N) is 2. The lowest BCUT2D eigenvalue weighted by atomic mass is 10.2. The van der Waals surface area contributed by atoms with Gasteiger partial charge in [0.15, 0.2) is 0 Å². The van der Waals surface area contributed by atoms with Gasteiger partial charge in [0.25, 0.3) is 5.56 Å². The normalized spacial score (nSPS) is 16.5. The van der Waals surface area contributed by atoms with E-state index in [1.807, 2.05) is 0 Å². The van der Waals surface area contributed by atoms with Crippen molar-refractivity contribution in [2.45, 2.75) is 32.7 Å². The van der Waals surface area contributed by atoms with E-state index in [2.05, 4.69) is 27.3 Å². The van der Waals surface area contributed by atoms with E-state index in [0.717, 1.165) is 16.8 Å². The molecule has 1 atom stereocenters. The summed E-state index contributed by atoms with van der Waals surface area (Å²) in [5, 5.41) is 5.30. The number of imidazole rings is 1. The summed E-state index contributed by atoms with van der Waals surface area (Å²) in [6.07, 6.45) is -1.31. The van der Waals surface area contributed by atoms with E-state index in [4.69, 9.17) is 14.2 Å². The van der Waals surface area contributed by atoms with Crippen LogP contribution in [0.2, 0.25) is 0 Å². The lowest BCUT2D eigenvalue weighted by molar-refractivity contribution is -0.138. The number of hydrogen-bond donors (Lipinski definition) is 2. The first kappa shape index (κ1) is 29.6. The van der Waals surface area contributed by atoms with Crippen LogP contribution in [0.1, 0.15) is 19.4 Å². The van der Waals surface area contributed by atoms with Gasteiger partial charge in [0.05, 0.1) is 49.1 Å². The first-order chi connectivity index (χ1) is 19.5. The Kier molecular flexibility index (Phi) is 8.93. The van der Waals surface area contributed by atoms with E-state index in [1.165, 1.54) is 13.0 Å². The fourth-order valence-electron chi connectivity index (χ4n) is 4.09. The second kappa shape index (κ2) is 12.4. The lowest BCUT2D eigenvalue weighted by Crippen LogP contribution is -2.36. The van der Waals surface area contributed by atoms with E-state index in [1.54, 1.807) is 42.8 Å². The zero-order chi connectivity index (χ0) is 29.7. The number of ether oxygens (including phenoxy) is 3. The molecule has 0 radical (unpaired) electrons. The Morgan fingerprint density at radius 3 is 2.73 bits per heavy atom. The summed E-state index contributed by atoms with van der Waals surface area (Å²) >= 11 is 0. The van der Waals surface area contributed by atoms with Gasteiger partial charge in [-0.05, 0) is 37.9 Å². The number of nitrogens with zero attached hydrogens (tertiary/aromatic N) is 4. The van der Waals surface area contributed by atoms with Gasteiger partial charge in [-0.15, -0.1) is 0 Å². The number of amides is 1. The molecule has 0 unspecified atom stereocenters. The Hall–Kier alpha value is -4.43. The molecule has 1 aliphatic rings. The number of alkyl halides is 3. The van der Waals surface area contributed by atoms with Gasteiger partial charge in [0.2, 0.25) is 11.9 Å². The second-order valence-electron chi connectivity index (χ2n) is 9.10. The molecular formula is C27H29F3N6O5. The van der Waals surface area contributed by atoms with E-state index in [-0.39, 0.29) is 36.5 Å². The van der Waals surface area contributed by atoms with Gasteiger partial charge < -0.3 is 34.0 Å². The van der Waals surface area contributed by atoms with Crippen LogP contribution in [0, 0.1) is 0 Å². The first-order valence-electron chi connectivity index (χ1n) is 12.5. The second-order valence-corrected chi connectivity index (χ2v) is 9.10. The van der Waals surface area contributed by atoms with Crippen LogP contribution >= 0.6 is 0 Å². The van der Waals surface area contributed by atoms with Crippen molar-refractivity contribution < 1.29 is 32.2 Å². The van der Waals surface area contributed by atoms with E-state index < -0.39 is 23.4 Å². The molecule has 0 aliphatic carbocycles. The molecule has 0 spiro atoms. The largest absolute Gasteiger partial charge is 0.458 e. The highest BCUT2D eigenvalue weighted by molar-refractivity contribution is 5.81. The van der Waals surface area contributed by atoms with Crippen molar-refractivity contribution in [2.75, 3.05) is 25.1 Å². The number of halogens is 3. The number of rotatable bonds is 9. The fourth-order valence-corrected chi connectivity index (χ4v) is 4.09. The average Bonchev–Trinajstić information content (AvgIpc) is 3.23. The number of aryl methyl sites for hydroxylation is 1. The van der Waals surface area contributed by atoms with E-state index in [9.17, 15) is 22.8 Å².